The molecule has 1 rings (SSSR count). The number of hydrazine groups is 1. The molecule has 0 aromatic carbocycles. The third-order valence-electron chi connectivity index (χ3n) is 2.70. The van der Waals surface area contributed by atoms with Crippen LogP contribution in [0.2, 0.25) is 0 Å². The van der Waals surface area contributed by atoms with Crippen LogP contribution in [0.5, 0.6) is 0 Å². The van der Waals surface area contributed by atoms with E-state index < -0.39 is 0 Å². The van der Waals surface area contributed by atoms with Crippen molar-refractivity contribution in [2.45, 2.75) is 38.3 Å². The molecule has 1 aliphatic heterocycles. The number of carbonyl (C=O) groups is 1. The predicted molar refractivity (Wildman–Crippen MR) is 55.2 cm³/mol. The predicted octanol–water partition coefficient (Wildman–Crippen LogP) is -0.822. The number of hydrogen-bond acceptors (Lipinski definition) is 4. The molecule has 0 spiro atoms. The number of rotatable bonds is 4. The van der Waals surface area contributed by atoms with Crippen LogP contribution in [0.3, 0.4) is 0 Å². The minimum atomic E-state index is -0.0986. The van der Waals surface area contributed by atoms with E-state index in [9.17, 15) is 4.79 Å². The summed E-state index contributed by atoms with van der Waals surface area (Å²) in [6.07, 6.45) is 2.79. The van der Waals surface area contributed by atoms with Crippen LogP contribution in [-0.4, -0.2) is 36.0 Å². The monoisotopic (exact) mass is 200 g/mol. The average Bonchev–Trinajstić information content (AvgIpc) is 2.60. The Morgan fingerprint density at radius 2 is 2.43 bits per heavy atom. The Morgan fingerprint density at radius 1 is 1.71 bits per heavy atom. The molecule has 0 radical (unpaired) electrons. The summed E-state index contributed by atoms with van der Waals surface area (Å²) in [5, 5.41) is 0. The van der Waals surface area contributed by atoms with Crippen LogP contribution in [0, 0.1) is 0 Å². The van der Waals surface area contributed by atoms with Crippen LogP contribution in [0.4, 0.5) is 0 Å². The van der Waals surface area contributed by atoms with Crippen molar-refractivity contribution in [3.05, 3.63) is 0 Å². The molecule has 5 N–H and O–H groups in total. The van der Waals surface area contributed by atoms with Crippen LogP contribution in [0.15, 0.2) is 0 Å². The Kier molecular flexibility index (Phi) is 4.31. The van der Waals surface area contributed by atoms with E-state index in [2.05, 4.69) is 17.2 Å². The lowest BCUT2D eigenvalue weighted by molar-refractivity contribution is -0.126. The fourth-order valence-corrected chi connectivity index (χ4v) is 1.95. The van der Waals surface area contributed by atoms with Gasteiger partial charge in [0.05, 0.1) is 6.04 Å². The van der Waals surface area contributed by atoms with Gasteiger partial charge < -0.3 is 5.73 Å². The standard InChI is InChI=1S/C9H20N4O/c1-2-3-8(9(14)12-11)13-5-4-7(10)6-13/h7-8H,2-6,10-11H2,1H3,(H,12,14). The fraction of sp³-hybridized carbons (Fsp3) is 0.889. The van der Waals surface area contributed by atoms with E-state index in [1.165, 1.54) is 0 Å². The van der Waals surface area contributed by atoms with Gasteiger partial charge in [0, 0.05) is 19.1 Å². The molecular formula is C9H20N4O. The molecule has 0 aromatic rings. The summed E-state index contributed by atoms with van der Waals surface area (Å²) in [6, 6.07) is 0.110. The number of hydrogen-bond donors (Lipinski definition) is 3. The molecule has 0 saturated carbocycles. The summed E-state index contributed by atoms with van der Waals surface area (Å²) in [6.45, 7) is 3.77. The van der Waals surface area contributed by atoms with Gasteiger partial charge in [-0.3, -0.25) is 15.1 Å². The highest BCUT2D eigenvalue weighted by molar-refractivity contribution is 5.81. The van der Waals surface area contributed by atoms with Crippen molar-refractivity contribution >= 4 is 5.91 Å². The molecule has 1 aliphatic rings. The number of nitrogens with two attached hydrogens (primary N) is 2. The van der Waals surface area contributed by atoms with Crippen molar-refractivity contribution in [1.29, 1.82) is 0 Å². The summed E-state index contributed by atoms with van der Waals surface area (Å²) < 4.78 is 0. The first-order valence-electron chi connectivity index (χ1n) is 5.19. The first-order chi connectivity index (χ1) is 6.69. The molecule has 0 aliphatic carbocycles. The van der Waals surface area contributed by atoms with Gasteiger partial charge in [0.25, 0.3) is 5.91 Å². The van der Waals surface area contributed by atoms with E-state index in [4.69, 9.17) is 11.6 Å². The SMILES string of the molecule is CCCC(C(=O)NN)N1CCC(N)C1. The highest BCUT2D eigenvalue weighted by Gasteiger charge is 2.29. The van der Waals surface area contributed by atoms with E-state index in [1.54, 1.807) is 0 Å². The van der Waals surface area contributed by atoms with Crippen molar-refractivity contribution in [2.24, 2.45) is 11.6 Å². The Labute approximate surface area is 84.8 Å². The van der Waals surface area contributed by atoms with Crippen molar-refractivity contribution in [1.82, 2.24) is 10.3 Å². The zero-order valence-corrected chi connectivity index (χ0v) is 8.70. The van der Waals surface area contributed by atoms with Crippen LogP contribution in [0.1, 0.15) is 26.2 Å². The van der Waals surface area contributed by atoms with E-state index in [1.807, 2.05) is 0 Å². The van der Waals surface area contributed by atoms with Gasteiger partial charge in [0.1, 0.15) is 0 Å². The molecule has 82 valence electrons. The van der Waals surface area contributed by atoms with Crippen molar-refractivity contribution in [3.8, 4) is 0 Å². The maximum Gasteiger partial charge on any atom is 0.251 e. The summed E-state index contributed by atoms with van der Waals surface area (Å²) >= 11 is 0. The molecule has 0 bridgehead atoms. The van der Waals surface area contributed by atoms with Gasteiger partial charge in [-0.25, -0.2) is 5.84 Å². The lowest BCUT2D eigenvalue weighted by Gasteiger charge is -2.25. The molecule has 1 fully saturated rings. The molecule has 2 unspecified atom stereocenters. The summed E-state index contributed by atoms with van der Waals surface area (Å²) in [7, 11) is 0. The topological polar surface area (TPSA) is 84.4 Å². The van der Waals surface area contributed by atoms with Crippen molar-refractivity contribution < 1.29 is 4.79 Å². The third kappa shape index (κ3) is 2.67. The molecule has 1 saturated heterocycles. The van der Waals surface area contributed by atoms with Gasteiger partial charge in [-0.2, -0.15) is 0 Å². The number of nitrogens with one attached hydrogen (secondary N) is 1. The van der Waals surface area contributed by atoms with Crippen molar-refractivity contribution in [2.75, 3.05) is 13.1 Å². The van der Waals surface area contributed by atoms with Crippen LogP contribution in [0.25, 0.3) is 0 Å². The molecule has 14 heavy (non-hydrogen) atoms. The van der Waals surface area contributed by atoms with Gasteiger partial charge >= 0.3 is 0 Å². The number of amides is 1. The second-order valence-corrected chi connectivity index (χ2v) is 3.86. The molecule has 5 heteroatoms. The molecule has 0 aromatic heterocycles. The number of carbonyl (C=O) groups excluding carboxylic acids is 1. The normalized spacial score (nSPS) is 24.9. The maximum atomic E-state index is 11.5. The van der Waals surface area contributed by atoms with Crippen LogP contribution < -0.4 is 17.0 Å². The Morgan fingerprint density at radius 3 is 2.86 bits per heavy atom. The fourth-order valence-electron chi connectivity index (χ4n) is 1.95. The molecular weight excluding hydrogens is 180 g/mol. The first kappa shape index (κ1) is 11.4. The smallest absolute Gasteiger partial charge is 0.251 e. The highest BCUT2D eigenvalue weighted by atomic mass is 16.2. The van der Waals surface area contributed by atoms with Gasteiger partial charge in [-0.1, -0.05) is 13.3 Å². The average molecular weight is 200 g/mol. The minimum absolute atomic E-state index is 0.0963. The van der Waals surface area contributed by atoms with E-state index >= 15 is 0 Å². The van der Waals surface area contributed by atoms with Crippen LogP contribution >= 0.6 is 0 Å². The minimum Gasteiger partial charge on any atom is -0.326 e. The molecule has 1 heterocycles. The Bertz CT molecular complexity index is 197. The second-order valence-electron chi connectivity index (χ2n) is 3.86. The second kappa shape index (κ2) is 5.29. The van der Waals surface area contributed by atoms with Gasteiger partial charge in [0.15, 0.2) is 0 Å². The van der Waals surface area contributed by atoms with E-state index in [0.29, 0.717) is 0 Å². The summed E-state index contributed by atoms with van der Waals surface area (Å²) in [5.74, 6) is 5.05. The Hall–Kier alpha value is -0.650. The molecule has 5 nitrogen and oxygen atoms in total. The zero-order chi connectivity index (χ0) is 10.6. The van der Waals surface area contributed by atoms with Gasteiger partial charge in [0.2, 0.25) is 0 Å². The molecule has 2 atom stereocenters. The zero-order valence-electron chi connectivity index (χ0n) is 8.70. The third-order valence-corrected chi connectivity index (χ3v) is 2.70. The lowest BCUT2D eigenvalue weighted by Crippen LogP contribution is -2.48. The largest absolute Gasteiger partial charge is 0.326 e. The number of likely N-dealkylation sites (tertiary alicyclic amines) is 1. The molecule has 1 amide bonds. The summed E-state index contributed by atoms with van der Waals surface area (Å²) in [5.41, 5.74) is 8.02. The first-order valence-corrected chi connectivity index (χ1v) is 5.19. The van der Waals surface area contributed by atoms with Crippen molar-refractivity contribution in [3.63, 3.8) is 0 Å². The van der Waals surface area contributed by atoms with E-state index in [0.717, 1.165) is 32.4 Å². The maximum absolute atomic E-state index is 11.5. The Balaban J connectivity index is 2.53. The van der Waals surface area contributed by atoms with Crippen LogP contribution in [-0.2, 0) is 4.79 Å². The van der Waals surface area contributed by atoms with E-state index in [-0.39, 0.29) is 18.0 Å². The van der Waals surface area contributed by atoms with Gasteiger partial charge in [-0.15, -0.1) is 0 Å². The quantitative estimate of drug-likeness (QED) is 0.314. The lowest BCUT2D eigenvalue weighted by atomic mass is 10.1. The summed E-state index contributed by atoms with van der Waals surface area (Å²) in [4.78, 5) is 13.6. The van der Waals surface area contributed by atoms with Gasteiger partial charge in [-0.05, 0) is 12.8 Å². The highest BCUT2D eigenvalue weighted by Crippen LogP contribution is 2.14. The number of nitrogens with zero attached hydrogens (tertiary/aromatic N) is 1.